The van der Waals surface area contributed by atoms with E-state index < -0.39 is 5.67 Å². The van der Waals surface area contributed by atoms with Gasteiger partial charge in [0.05, 0.1) is 20.1 Å². The zero-order valence-electron chi connectivity index (χ0n) is 21.4. The number of hydrogen-bond donors (Lipinski definition) is 1. The van der Waals surface area contributed by atoms with Crippen molar-refractivity contribution in [3.05, 3.63) is 53.2 Å². The number of esters is 1. The third kappa shape index (κ3) is 7.17. The Kier molecular flexibility index (Phi) is 9.15. The van der Waals surface area contributed by atoms with Crippen LogP contribution in [0.1, 0.15) is 48.4 Å². The molecule has 1 fully saturated rings. The number of pyridine rings is 1. The van der Waals surface area contributed by atoms with Crippen LogP contribution in [0, 0.1) is 0 Å². The second kappa shape index (κ2) is 12.5. The molecule has 7 nitrogen and oxygen atoms in total. The third-order valence-electron chi connectivity index (χ3n) is 7.17. The predicted molar refractivity (Wildman–Crippen MR) is 137 cm³/mol. The number of nitrogens with zero attached hydrogens (tertiary/aromatic N) is 2. The minimum absolute atomic E-state index is 0.112. The van der Waals surface area contributed by atoms with Crippen LogP contribution in [-0.4, -0.2) is 75.1 Å². The summed E-state index contributed by atoms with van der Waals surface area (Å²) in [5.74, 6) is 1.30. The fraction of sp³-hybridized carbons (Fsp3) is 0.571. The Hall–Kier alpha value is -2.71. The van der Waals surface area contributed by atoms with Crippen LogP contribution in [0.5, 0.6) is 5.75 Å². The average molecular weight is 500 g/mol. The number of nitrogens with one attached hydrogen (secondary N) is 1. The van der Waals surface area contributed by atoms with Crippen molar-refractivity contribution in [1.82, 2.24) is 9.88 Å². The molecule has 2 atom stereocenters. The summed E-state index contributed by atoms with van der Waals surface area (Å²) in [6, 6.07) is 11.9. The molecule has 1 saturated heterocycles. The second-order valence-electron chi connectivity index (χ2n) is 9.87. The first-order valence-corrected chi connectivity index (χ1v) is 12.9. The number of methoxy groups -OCH3 is 2. The zero-order valence-corrected chi connectivity index (χ0v) is 21.4. The maximum absolute atomic E-state index is 15.8. The van der Waals surface area contributed by atoms with Gasteiger partial charge in [0.15, 0.2) is 0 Å². The van der Waals surface area contributed by atoms with E-state index in [0.29, 0.717) is 52.1 Å². The molecule has 2 aliphatic rings. The predicted octanol–water partition coefficient (Wildman–Crippen LogP) is 4.16. The van der Waals surface area contributed by atoms with Crippen molar-refractivity contribution in [1.29, 1.82) is 0 Å². The smallest absolute Gasteiger partial charge is 0.306 e. The molecule has 3 heterocycles. The fourth-order valence-corrected chi connectivity index (χ4v) is 5.12. The van der Waals surface area contributed by atoms with Crippen molar-refractivity contribution < 1.29 is 23.4 Å². The molecule has 8 heteroatoms. The van der Waals surface area contributed by atoms with Crippen molar-refractivity contribution >= 4 is 11.8 Å². The van der Waals surface area contributed by atoms with Gasteiger partial charge in [-0.15, -0.1) is 0 Å². The lowest BCUT2D eigenvalue weighted by atomic mass is 9.94. The average Bonchev–Trinajstić information content (AvgIpc) is 3.28. The highest BCUT2D eigenvalue weighted by molar-refractivity contribution is 5.70. The summed E-state index contributed by atoms with van der Waals surface area (Å²) in [6.07, 6.45) is 3.96. The number of fused-ring (bicyclic) bond motifs is 1. The standard InChI is InChI=1S/C28H38FN3O4/c1-34-15-16-36-25-7-3-5-22(17-25)23(18-26(33)35-2)19-32-14-12-28(29,20-32)11-10-24-9-8-21-6-4-13-30-27(21)31-24/h3,5,7-9,17,23H,4,6,10-16,18-20H2,1-2H3,(H,30,31). The van der Waals surface area contributed by atoms with E-state index in [9.17, 15) is 4.79 Å². The minimum atomic E-state index is -1.26. The van der Waals surface area contributed by atoms with E-state index in [0.717, 1.165) is 42.2 Å². The normalized spacial score (nSPS) is 20.4. The molecule has 4 rings (SSSR count). The number of carbonyl (C=O) groups is 1. The molecule has 1 aromatic heterocycles. The van der Waals surface area contributed by atoms with Crippen molar-refractivity contribution in [2.45, 2.75) is 50.1 Å². The molecular formula is C28H38FN3O4. The Bertz CT molecular complexity index is 1020. The van der Waals surface area contributed by atoms with Crippen LogP contribution in [-0.2, 0) is 27.1 Å². The highest BCUT2D eigenvalue weighted by atomic mass is 19.1. The second-order valence-corrected chi connectivity index (χ2v) is 9.87. The Morgan fingerprint density at radius 2 is 2.14 bits per heavy atom. The number of halogens is 1. The largest absolute Gasteiger partial charge is 0.491 e. The Morgan fingerprint density at radius 3 is 2.97 bits per heavy atom. The number of ether oxygens (including phenoxy) is 3. The highest BCUT2D eigenvalue weighted by Crippen LogP contribution is 2.34. The molecule has 0 spiro atoms. The molecule has 0 bridgehead atoms. The molecular weight excluding hydrogens is 461 g/mol. The van der Waals surface area contributed by atoms with E-state index in [1.165, 1.54) is 12.7 Å². The number of alkyl halides is 1. The number of carbonyl (C=O) groups excluding carboxylic acids is 1. The molecule has 0 amide bonds. The van der Waals surface area contributed by atoms with E-state index in [1.807, 2.05) is 30.3 Å². The van der Waals surface area contributed by atoms with Crippen LogP contribution in [0.15, 0.2) is 36.4 Å². The number of likely N-dealkylation sites (tertiary alicyclic amines) is 1. The van der Waals surface area contributed by atoms with Gasteiger partial charge in [-0.3, -0.25) is 9.69 Å². The molecule has 0 radical (unpaired) electrons. The molecule has 2 aliphatic heterocycles. The molecule has 2 unspecified atom stereocenters. The van der Waals surface area contributed by atoms with E-state index in [4.69, 9.17) is 19.2 Å². The van der Waals surface area contributed by atoms with Gasteiger partial charge in [0, 0.05) is 44.9 Å². The Labute approximate surface area is 213 Å². The van der Waals surface area contributed by atoms with Crippen LogP contribution in [0.4, 0.5) is 10.2 Å². The summed E-state index contributed by atoms with van der Waals surface area (Å²) in [7, 11) is 3.03. The van der Waals surface area contributed by atoms with Crippen LogP contribution in [0.3, 0.4) is 0 Å². The van der Waals surface area contributed by atoms with Crippen LogP contribution >= 0.6 is 0 Å². The summed E-state index contributed by atoms with van der Waals surface area (Å²) in [5, 5.41) is 3.36. The molecule has 2 aromatic rings. The topological polar surface area (TPSA) is 72.9 Å². The first-order valence-electron chi connectivity index (χ1n) is 12.9. The highest BCUT2D eigenvalue weighted by Gasteiger charge is 2.39. The lowest BCUT2D eigenvalue weighted by Gasteiger charge is -2.25. The molecule has 1 N–H and O–H groups in total. The molecule has 36 heavy (non-hydrogen) atoms. The molecule has 1 aromatic carbocycles. The molecule has 196 valence electrons. The monoisotopic (exact) mass is 499 g/mol. The number of aromatic nitrogens is 1. The van der Waals surface area contributed by atoms with Crippen LogP contribution < -0.4 is 10.1 Å². The summed E-state index contributed by atoms with van der Waals surface area (Å²) < 4.78 is 31.6. The quantitative estimate of drug-likeness (QED) is 0.347. The van der Waals surface area contributed by atoms with E-state index >= 15 is 4.39 Å². The minimum Gasteiger partial charge on any atom is -0.491 e. The van der Waals surface area contributed by atoms with Gasteiger partial charge in [-0.1, -0.05) is 18.2 Å². The molecule has 0 saturated carbocycles. The van der Waals surface area contributed by atoms with E-state index in [1.54, 1.807) is 7.11 Å². The fourth-order valence-electron chi connectivity index (χ4n) is 5.12. The van der Waals surface area contributed by atoms with Gasteiger partial charge >= 0.3 is 5.97 Å². The number of hydrogen-bond acceptors (Lipinski definition) is 7. The van der Waals surface area contributed by atoms with E-state index in [2.05, 4.69) is 16.3 Å². The summed E-state index contributed by atoms with van der Waals surface area (Å²) in [6.45, 7) is 3.51. The third-order valence-corrected chi connectivity index (χ3v) is 7.17. The first kappa shape index (κ1) is 26.4. The summed E-state index contributed by atoms with van der Waals surface area (Å²) >= 11 is 0. The van der Waals surface area contributed by atoms with Crippen LogP contribution in [0.25, 0.3) is 0 Å². The van der Waals surface area contributed by atoms with E-state index in [-0.39, 0.29) is 18.3 Å². The van der Waals surface area contributed by atoms with Gasteiger partial charge in [0.2, 0.25) is 0 Å². The zero-order chi connectivity index (χ0) is 25.4. The number of rotatable bonds is 12. The van der Waals surface area contributed by atoms with Gasteiger partial charge < -0.3 is 19.5 Å². The summed E-state index contributed by atoms with van der Waals surface area (Å²) in [4.78, 5) is 19.0. The number of benzene rings is 1. The van der Waals surface area contributed by atoms with Gasteiger partial charge in [0.1, 0.15) is 23.8 Å². The van der Waals surface area contributed by atoms with Gasteiger partial charge in [-0.2, -0.15) is 0 Å². The van der Waals surface area contributed by atoms with Gasteiger partial charge in [-0.25, -0.2) is 9.37 Å². The van der Waals surface area contributed by atoms with Crippen molar-refractivity contribution in [3.63, 3.8) is 0 Å². The summed E-state index contributed by atoms with van der Waals surface area (Å²) in [5.41, 5.74) is 1.91. The van der Waals surface area contributed by atoms with Crippen molar-refractivity contribution in [3.8, 4) is 5.75 Å². The molecule has 0 aliphatic carbocycles. The first-order chi connectivity index (χ1) is 17.5. The van der Waals surface area contributed by atoms with Crippen molar-refractivity contribution in [2.24, 2.45) is 0 Å². The van der Waals surface area contributed by atoms with Gasteiger partial charge in [-0.05, 0) is 61.4 Å². The Morgan fingerprint density at radius 1 is 1.25 bits per heavy atom. The maximum atomic E-state index is 15.8. The lowest BCUT2D eigenvalue weighted by Crippen LogP contribution is -2.33. The lowest BCUT2D eigenvalue weighted by molar-refractivity contribution is -0.141. The number of anilines is 1. The van der Waals surface area contributed by atoms with Crippen LogP contribution in [0.2, 0.25) is 0 Å². The van der Waals surface area contributed by atoms with Gasteiger partial charge in [0.25, 0.3) is 0 Å². The van der Waals surface area contributed by atoms with Crippen molar-refractivity contribution in [2.75, 3.05) is 58.9 Å². The SMILES string of the molecule is COCCOc1cccc(C(CC(=O)OC)CN2CCC(F)(CCc3ccc4c(n3)NCCC4)C2)c1. The number of aryl methyl sites for hydroxylation is 2. The maximum Gasteiger partial charge on any atom is 0.306 e. The Balaban J connectivity index is 1.37.